The van der Waals surface area contributed by atoms with E-state index in [4.69, 9.17) is 0 Å². The zero-order valence-electron chi connectivity index (χ0n) is 19.1. The second-order valence-corrected chi connectivity index (χ2v) is 9.27. The van der Waals surface area contributed by atoms with E-state index < -0.39 is 0 Å². The van der Waals surface area contributed by atoms with E-state index in [9.17, 15) is 9.90 Å². The maximum Gasteiger partial charge on any atom is 0.254 e. The average Bonchev–Trinajstić information content (AvgIpc) is 2.83. The van der Waals surface area contributed by atoms with Crippen molar-refractivity contribution < 1.29 is 9.90 Å². The molecule has 0 bridgehead atoms. The summed E-state index contributed by atoms with van der Waals surface area (Å²) < 4.78 is 0. The quantitative estimate of drug-likeness (QED) is 0.662. The normalized spacial score (nSPS) is 23.2. The Kier molecular flexibility index (Phi) is 6.25. The van der Waals surface area contributed by atoms with Gasteiger partial charge < -0.3 is 10.0 Å². The molecule has 0 aliphatic carbocycles. The molecule has 5 heteroatoms. The van der Waals surface area contributed by atoms with Crippen LogP contribution in [0, 0.1) is 6.92 Å². The van der Waals surface area contributed by atoms with Crippen LogP contribution < -0.4 is 0 Å². The van der Waals surface area contributed by atoms with E-state index in [1.165, 1.54) is 22.3 Å². The summed E-state index contributed by atoms with van der Waals surface area (Å²) in [6.07, 6.45) is 5.36. The van der Waals surface area contributed by atoms with E-state index in [0.29, 0.717) is 12.1 Å². The van der Waals surface area contributed by atoms with Crippen molar-refractivity contribution >= 4 is 5.91 Å². The molecule has 5 nitrogen and oxygen atoms in total. The van der Waals surface area contributed by atoms with Gasteiger partial charge in [0.15, 0.2) is 0 Å². The van der Waals surface area contributed by atoms with Gasteiger partial charge in [-0.1, -0.05) is 54.1 Å². The Morgan fingerprint density at radius 3 is 2.48 bits per heavy atom. The number of aryl methyl sites for hydroxylation is 1. The number of benzene rings is 2. The third-order valence-electron chi connectivity index (χ3n) is 7.23. The molecule has 1 N–H and O–H groups in total. The molecule has 0 saturated carbocycles. The van der Waals surface area contributed by atoms with Crippen molar-refractivity contribution in [3.05, 3.63) is 89.7 Å². The lowest BCUT2D eigenvalue weighted by atomic mass is 9.74. The molecule has 1 aromatic heterocycles. The Morgan fingerprint density at radius 2 is 1.76 bits per heavy atom. The zero-order valence-corrected chi connectivity index (χ0v) is 19.1. The molecule has 3 atom stereocenters. The molecule has 2 aliphatic heterocycles. The molecule has 0 spiro atoms. The molecule has 5 rings (SSSR count). The molecule has 3 heterocycles. The molecule has 0 unspecified atom stereocenters. The van der Waals surface area contributed by atoms with Gasteiger partial charge in [0.05, 0.1) is 6.61 Å². The van der Waals surface area contributed by atoms with Gasteiger partial charge in [0.2, 0.25) is 0 Å². The number of pyridine rings is 1. The van der Waals surface area contributed by atoms with Crippen molar-refractivity contribution in [2.45, 2.75) is 37.8 Å². The van der Waals surface area contributed by atoms with Crippen molar-refractivity contribution in [1.29, 1.82) is 0 Å². The first-order valence-electron chi connectivity index (χ1n) is 11.9. The molecule has 2 aromatic carbocycles. The fraction of sp³-hybridized carbons (Fsp3) is 0.357. The number of hydrogen-bond donors (Lipinski definition) is 1. The predicted octanol–water partition coefficient (Wildman–Crippen LogP) is 4.12. The van der Waals surface area contributed by atoms with E-state index in [1.54, 1.807) is 24.5 Å². The van der Waals surface area contributed by atoms with Gasteiger partial charge in [0.25, 0.3) is 5.91 Å². The summed E-state index contributed by atoms with van der Waals surface area (Å²) in [7, 11) is 0. The number of hydrogen-bond acceptors (Lipinski definition) is 4. The minimum Gasteiger partial charge on any atom is -0.395 e. The third-order valence-corrected chi connectivity index (χ3v) is 7.23. The van der Waals surface area contributed by atoms with Gasteiger partial charge in [0, 0.05) is 49.0 Å². The highest BCUT2D eigenvalue weighted by Crippen LogP contribution is 2.42. The molecule has 33 heavy (non-hydrogen) atoms. The lowest BCUT2D eigenvalue weighted by Gasteiger charge is -2.57. The van der Waals surface area contributed by atoms with Gasteiger partial charge in [0.1, 0.15) is 0 Å². The first-order valence-corrected chi connectivity index (χ1v) is 11.9. The van der Waals surface area contributed by atoms with Crippen LogP contribution in [0.25, 0.3) is 11.1 Å². The summed E-state index contributed by atoms with van der Waals surface area (Å²) in [5.74, 6) is 0.285. The molecular weight excluding hydrogens is 410 g/mol. The highest BCUT2D eigenvalue weighted by atomic mass is 16.3. The highest BCUT2D eigenvalue weighted by Gasteiger charge is 2.49. The van der Waals surface area contributed by atoms with Crippen LogP contribution in [0.5, 0.6) is 0 Å². The van der Waals surface area contributed by atoms with E-state index in [1.807, 2.05) is 4.90 Å². The summed E-state index contributed by atoms with van der Waals surface area (Å²) >= 11 is 0. The number of carbonyl (C=O) groups excluding carboxylic acids is 1. The highest BCUT2D eigenvalue weighted by molar-refractivity contribution is 5.94. The molecule has 2 saturated heterocycles. The number of nitrogens with zero attached hydrogens (tertiary/aromatic N) is 3. The van der Waals surface area contributed by atoms with Crippen molar-refractivity contribution in [2.24, 2.45) is 0 Å². The minimum atomic E-state index is 0.0697. The maximum atomic E-state index is 13.2. The Labute approximate surface area is 195 Å². The summed E-state index contributed by atoms with van der Waals surface area (Å²) in [5, 5.41) is 10.2. The van der Waals surface area contributed by atoms with Gasteiger partial charge >= 0.3 is 0 Å². The number of carbonyl (C=O) groups is 1. The summed E-state index contributed by atoms with van der Waals surface area (Å²) in [4.78, 5) is 21.6. The molecule has 1 amide bonds. The third kappa shape index (κ3) is 4.31. The maximum absolute atomic E-state index is 13.2. The number of aliphatic hydroxyl groups excluding tert-OH is 1. The van der Waals surface area contributed by atoms with E-state index in [0.717, 1.165) is 25.9 Å². The van der Waals surface area contributed by atoms with Crippen molar-refractivity contribution in [3.8, 4) is 11.1 Å². The van der Waals surface area contributed by atoms with E-state index in [-0.39, 0.29) is 30.5 Å². The van der Waals surface area contributed by atoms with E-state index >= 15 is 0 Å². The smallest absolute Gasteiger partial charge is 0.254 e. The Balaban J connectivity index is 1.39. The largest absolute Gasteiger partial charge is 0.395 e. The second-order valence-electron chi connectivity index (χ2n) is 9.27. The summed E-state index contributed by atoms with van der Waals surface area (Å²) in [6, 6.07) is 21.2. The van der Waals surface area contributed by atoms with Gasteiger partial charge in [-0.15, -0.1) is 0 Å². The van der Waals surface area contributed by atoms with Gasteiger partial charge in [-0.25, -0.2) is 0 Å². The van der Waals surface area contributed by atoms with Crippen LogP contribution in [-0.2, 0) is 0 Å². The fourth-order valence-corrected chi connectivity index (χ4v) is 5.52. The van der Waals surface area contributed by atoms with Gasteiger partial charge in [-0.2, -0.15) is 0 Å². The second kappa shape index (κ2) is 9.46. The fourth-order valence-electron chi connectivity index (χ4n) is 5.52. The monoisotopic (exact) mass is 441 g/mol. The SMILES string of the molecule is Cc1cccc(-c2ccc([C@H]3[C@@H](CO)N4CCCCN(C(=O)c5ccncc5)C[C@H]34)cc2)c1. The van der Waals surface area contributed by atoms with Gasteiger partial charge in [-0.3, -0.25) is 14.7 Å². The van der Waals surface area contributed by atoms with Gasteiger partial charge in [-0.05, 0) is 55.1 Å². The van der Waals surface area contributed by atoms with Crippen molar-refractivity contribution in [2.75, 3.05) is 26.2 Å². The Bertz CT molecular complexity index is 1100. The zero-order chi connectivity index (χ0) is 22.8. The van der Waals surface area contributed by atoms with Crippen molar-refractivity contribution in [3.63, 3.8) is 0 Å². The summed E-state index contributed by atoms with van der Waals surface area (Å²) in [5.41, 5.74) is 5.60. The first kappa shape index (κ1) is 21.8. The molecule has 2 aliphatic rings. The van der Waals surface area contributed by atoms with Crippen LogP contribution in [0.2, 0.25) is 0 Å². The molecular formula is C28H31N3O2. The number of aromatic nitrogens is 1. The number of fused-ring (bicyclic) bond motifs is 1. The van der Waals surface area contributed by atoms with Crippen LogP contribution in [0.4, 0.5) is 0 Å². The topological polar surface area (TPSA) is 56.7 Å². The van der Waals surface area contributed by atoms with E-state index in [2.05, 4.69) is 65.3 Å². The van der Waals surface area contributed by atoms with Crippen LogP contribution in [0.1, 0.15) is 40.2 Å². The van der Waals surface area contributed by atoms with Crippen LogP contribution in [0.3, 0.4) is 0 Å². The number of rotatable bonds is 4. The van der Waals surface area contributed by atoms with Crippen LogP contribution in [-0.4, -0.2) is 64.1 Å². The summed E-state index contributed by atoms with van der Waals surface area (Å²) in [6.45, 7) is 4.68. The van der Waals surface area contributed by atoms with Crippen LogP contribution >= 0.6 is 0 Å². The first-order chi connectivity index (χ1) is 16.2. The lowest BCUT2D eigenvalue weighted by molar-refractivity contribution is -0.0606. The standard InChI is InChI=1S/C28H31N3O2/c1-20-5-4-6-24(17-20)21-7-9-22(10-8-21)27-25-18-30(28(33)23-11-13-29-14-12-23)15-2-3-16-31(25)26(27)19-32/h4-14,17,25-27,32H,2-3,15-16,18-19H2,1H3/t25-,26-,27-/m1/s1. The molecule has 3 aromatic rings. The average molecular weight is 442 g/mol. The molecule has 170 valence electrons. The molecule has 2 fully saturated rings. The van der Waals surface area contributed by atoms with Crippen molar-refractivity contribution in [1.82, 2.24) is 14.8 Å². The predicted molar refractivity (Wildman–Crippen MR) is 130 cm³/mol. The Hall–Kier alpha value is -3.02. The Morgan fingerprint density at radius 1 is 1.00 bits per heavy atom. The number of amides is 1. The molecule has 0 radical (unpaired) electrons. The van der Waals surface area contributed by atoms with Crippen LogP contribution in [0.15, 0.2) is 73.1 Å². The lowest BCUT2D eigenvalue weighted by Crippen LogP contribution is -2.67. The minimum absolute atomic E-state index is 0.0697. The number of aliphatic hydroxyl groups is 1.